The van der Waals surface area contributed by atoms with Crippen LogP contribution in [0.5, 0.6) is 0 Å². The lowest BCUT2D eigenvalue weighted by molar-refractivity contribution is 0.636. The molecule has 2 rings (SSSR count). The average Bonchev–Trinajstić information content (AvgIpc) is 2.90. The molecule has 1 aromatic heterocycles. The third kappa shape index (κ3) is 3.78. The van der Waals surface area contributed by atoms with Gasteiger partial charge in [-0.3, -0.25) is 0 Å². The molecule has 1 unspecified atom stereocenters. The highest BCUT2D eigenvalue weighted by Gasteiger charge is 2.11. The maximum absolute atomic E-state index is 4.67. The molecule has 0 saturated carbocycles. The number of halogens is 1. The van der Waals surface area contributed by atoms with E-state index in [0.717, 1.165) is 21.8 Å². The van der Waals surface area contributed by atoms with Crippen LogP contribution in [0.15, 0.2) is 34.1 Å². The van der Waals surface area contributed by atoms with E-state index in [1.54, 1.807) is 11.3 Å². The van der Waals surface area contributed by atoms with Crippen molar-refractivity contribution in [2.24, 2.45) is 0 Å². The number of aromatic nitrogens is 1. The second-order valence-corrected chi connectivity index (χ2v) is 6.30. The summed E-state index contributed by atoms with van der Waals surface area (Å²) in [6.45, 7) is 2.99. The van der Waals surface area contributed by atoms with Crippen molar-refractivity contribution in [3.05, 3.63) is 45.4 Å². The highest BCUT2D eigenvalue weighted by molar-refractivity contribution is 9.10. The Labute approximate surface area is 126 Å². The third-order valence-electron chi connectivity index (χ3n) is 3.05. The Hall–Kier alpha value is -0.910. The SMILES string of the molecule is CNC(C)c1csc(N(C)Cc2ccc(Br)cc2)n1. The summed E-state index contributed by atoms with van der Waals surface area (Å²) >= 11 is 5.14. The predicted molar refractivity (Wildman–Crippen MR) is 85.8 cm³/mol. The van der Waals surface area contributed by atoms with E-state index >= 15 is 0 Å². The van der Waals surface area contributed by atoms with Gasteiger partial charge in [-0.15, -0.1) is 11.3 Å². The highest BCUT2D eigenvalue weighted by atomic mass is 79.9. The fourth-order valence-corrected chi connectivity index (χ4v) is 2.88. The van der Waals surface area contributed by atoms with E-state index in [0.29, 0.717) is 6.04 Å². The van der Waals surface area contributed by atoms with Gasteiger partial charge in [0.2, 0.25) is 0 Å². The smallest absolute Gasteiger partial charge is 0.185 e. The van der Waals surface area contributed by atoms with Gasteiger partial charge < -0.3 is 10.2 Å². The van der Waals surface area contributed by atoms with Crippen LogP contribution in [-0.4, -0.2) is 19.1 Å². The van der Waals surface area contributed by atoms with Gasteiger partial charge in [0.05, 0.1) is 5.69 Å². The first-order valence-corrected chi connectivity index (χ1v) is 7.85. The normalized spacial score (nSPS) is 12.4. The topological polar surface area (TPSA) is 28.2 Å². The maximum atomic E-state index is 4.67. The standard InChI is InChI=1S/C14H18BrN3S/c1-10(16-2)13-9-19-14(17-13)18(3)8-11-4-6-12(15)7-5-11/h4-7,9-10,16H,8H2,1-3H3. The minimum atomic E-state index is 0.297. The molecule has 0 saturated heterocycles. The molecule has 1 aromatic carbocycles. The van der Waals surface area contributed by atoms with Crippen LogP contribution in [0.1, 0.15) is 24.2 Å². The molecule has 1 atom stereocenters. The molecule has 102 valence electrons. The van der Waals surface area contributed by atoms with Gasteiger partial charge >= 0.3 is 0 Å². The number of hydrogen-bond donors (Lipinski definition) is 1. The van der Waals surface area contributed by atoms with E-state index in [1.807, 2.05) is 7.05 Å². The van der Waals surface area contributed by atoms with Crippen molar-refractivity contribution in [1.82, 2.24) is 10.3 Å². The minimum Gasteiger partial charge on any atom is -0.347 e. The third-order valence-corrected chi connectivity index (χ3v) is 4.55. The van der Waals surface area contributed by atoms with E-state index < -0.39 is 0 Å². The van der Waals surface area contributed by atoms with E-state index in [2.05, 4.69) is 74.7 Å². The van der Waals surface area contributed by atoms with Crippen LogP contribution < -0.4 is 10.2 Å². The Kier molecular flexibility index (Phi) is 4.96. The number of thiazole rings is 1. The monoisotopic (exact) mass is 339 g/mol. The lowest BCUT2D eigenvalue weighted by atomic mass is 10.2. The van der Waals surface area contributed by atoms with Gasteiger partial charge in [0.25, 0.3) is 0 Å². The molecule has 0 fully saturated rings. The van der Waals surface area contributed by atoms with Crippen molar-refractivity contribution in [3.63, 3.8) is 0 Å². The fourth-order valence-electron chi connectivity index (χ4n) is 1.73. The van der Waals surface area contributed by atoms with Gasteiger partial charge in [-0.2, -0.15) is 0 Å². The first-order chi connectivity index (χ1) is 9.10. The van der Waals surface area contributed by atoms with Crippen LogP contribution in [0.25, 0.3) is 0 Å². The van der Waals surface area contributed by atoms with Crippen molar-refractivity contribution < 1.29 is 0 Å². The number of rotatable bonds is 5. The quantitative estimate of drug-likeness (QED) is 0.897. The zero-order valence-corrected chi connectivity index (χ0v) is 13.8. The van der Waals surface area contributed by atoms with Gasteiger partial charge in [0.15, 0.2) is 5.13 Å². The van der Waals surface area contributed by atoms with E-state index in [-0.39, 0.29) is 0 Å². The predicted octanol–water partition coefficient (Wildman–Crippen LogP) is 3.82. The summed E-state index contributed by atoms with van der Waals surface area (Å²) in [4.78, 5) is 6.85. The second kappa shape index (κ2) is 6.50. The summed E-state index contributed by atoms with van der Waals surface area (Å²) in [6.07, 6.45) is 0. The average molecular weight is 340 g/mol. The van der Waals surface area contributed by atoms with E-state index in [9.17, 15) is 0 Å². The second-order valence-electron chi connectivity index (χ2n) is 4.55. The van der Waals surface area contributed by atoms with Gasteiger partial charge in [-0.05, 0) is 31.7 Å². The molecule has 0 amide bonds. The molecule has 0 bridgehead atoms. The number of anilines is 1. The Morgan fingerprint density at radius 2 is 2.05 bits per heavy atom. The van der Waals surface area contributed by atoms with Crippen molar-refractivity contribution in [2.75, 3.05) is 19.0 Å². The van der Waals surface area contributed by atoms with Crippen molar-refractivity contribution in [3.8, 4) is 0 Å². The lowest BCUT2D eigenvalue weighted by Crippen LogP contribution is -2.17. The molecule has 0 spiro atoms. The molecule has 0 aliphatic rings. The molecule has 3 nitrogen and oxygen atoms in total. The highest BCUT2D eigenvalue weighted by Crippen LogP contribution is 2.24. The zero-order valence-electron chi connectivity index (χ0n) is 11.4. The first-order valence-electron chi connectivity index (χ1n) is 6.18. The van der Waals surface area contributed by atoms with Crippen molar-refractivity contribution >= 4 is 32.4 Å². The fraction of sp³-hybridized carbons (Fsp3) is 0.357. The van der Waals surface area contributed by atoms with Crippen LogP contribution in [0.2, 0.25) is 0 Å². The summed E-state index contributed by atoms with van der Waals surface area (Å²) < 4.78 is 1.11. The van der Waals surface area contributed by atoms with Gasteiger partial charge in [-0.1, -0.05) is 28.1 Å². The molecular formula is C14H18BrN3S. The Balaban J connectivity index is 2.05. The molecular weight excluding hydrogens is 322 g/mol. The summed E-state index contributed by atoms with van der Waals surface area (Å²) in [5, 5.41) is 6.39. The Bertz CT molecular complexity index is 524. The molecule has 1 N–H and O–H groups in total. The number of benzene rings is 1. The van der Waals surface area contributed by atoms with E-state index in [1.165, 1.54) is 5.56 Å². The minimum absolute atomic E-state index is 0.297. The van der Waals surface area contributed by atoms with Crippen LogP contribution in [-0.2, 0) is 6.54 Å². The summed E-state index contributed by atoms with van der Waals surface area (Å²) in [6, 6.07) is 8.70. The van der Waals surface area contributed by atoms with Gasteiger partial charge in [0.1, 0.15) is 0 Å². The maximum Gasteiger partial charge on any atom is 0.185 e. The summed E-state index contributed by atoms with van der Waals surface area (Å²) in [7, 11) is 4.03. The Morgan fingerprint density at radius 3 is 2.68 bits per heavy atom. The zero-order chi connectivity index (χ0) is 13.8. The van der Waals surface area contributed by atoms with Crippen LogP contribution in [0.4, 0.5) is 5.13 Å². The summed E-state index contributed by atoms with van der Waals surface area (Å²) in [5.74, 6) is 0. The van der Waals surface area contributed by atoms with Crippen molar-refractivity contribution in [2.45, 2.75) is 19.5 Å². The van der Waals surface area contributed by atoms with Crippen LogP contribution in [0, 0.1) is 0 Å². The molecule has 1 heterocycles. The van der Waals surface area contributed by atoms with E-state index in [4.69, 9.17) is 0 Å². The first kappa shape index (κ1) is 14.5. The number of nitrogens with zero attached hydrogens (tertiary/aromatic N) is 2. The summed E-state index contributed by atoms with van der Waals surface area (Å²) in [5.41, 5.74) is 2.38. The van der Waals surface area contributed by atoms with Crippen LogP contribution in [0.3, 0.4) is 0 Å². The number of nitrogens with one attached hydrogen (secondary N) is 1. The molecule has 0 aliphatic heterocycles. The molecule has 0 radical (unpaired) electrons. The molecule has 2 aromatic rings. The number of hydrogen-bond acceptors (Lipinski definition) is 4. The van der Waals surface area contributed by atoms with Gasteiger partial charge in [0, 0.05) is 29.5 Å². The van der Waals surface area contributed by atoms with Crippen LogP contribution >= 0.6 is 27.3 Å². The van der Waals surface area contributed by atoms with Crippen molar-refractivity contribution in [1.29, 1.82) is 0 Å². The molecule has 0 aliphatic carbocycles. The Morgan fingerprint density at radius 1 is 1.37 bits per heavy atom. The molecule has 5 heteroatoms. The lowest BCUT2D eigenvalue weighted by Gasteiger charge is -2.16. The largest absolute Gasteiger partial charge is 0.347 e. The molecule has 19 heavy (non-hydrogen) atoms. The van der Waals surface area contributed by atoms with Gasteiger partial charge in [-0.25, -0.2) is 4.98 Å².